The topological polar surface area (TPSA) is 49.2 Å². The second kappa shape index (κ2) is 9.33. The van der Waals surface area contributed by atoms with Crippen molar-refractivity contribution >= 4 is 12.6 Å². The lowest BCUT2D eigenvalue weighted by Crippen LogP contribution is -2.43. The summed E-state index contributed by atoms with van der Waals surface area (Å²) in [4.78, 5) is 0. The third-order valence-electron chi connectivity index (χ3n) is 4.87. The monoisotopic (exact) mass is 395 g/mol. The van der Waals surface area contributed by atoms with Crippen LogP contribution in [-0.4, -0.2) is 34.3 Å². The Hall–Kier alpha value is -2.51. The Labute approximate surface area is 172 Å². The maximum absolute atomic E-state index is 13.0. The zero-order valence-corrected chi connectivity index (χ0v) is 17.4. The molecule has 3 aromatic rings. The summed E-state index contributed by atoms with van der Waals surface area (Å²) in [5.41, 5.74) is 3.41. The Morgan fingerprint density at radius 1 is 1.03 bits per heavy atom. The largest absolute Gasteiger partial charge is 0.494 e. The molecule has 0 amide bonds. The summed E-state index contributed by atoms with van der Waals surface area (Å²) in [6, 6.07) is 14.4. The van der Waals surface area contributed by atoms with Crippen LogP contribution in [0, 0.1) is 5.82 Å². The molecular formula is C22H27BFN3O2. The molecule has 0 radical (unpaired) electrons. The Morgan fingerprint density at radius 2 is 1.72 bits per heavy atom. The number of hydrogen-bond donors (Lipinski definition) is 0. The van der Waals surface area contributed by atoms with Crippen molar-refractivity contribution < 1.29 is 13.7 Å². The van der Waals surface area contributed by atoms with Crippen molar-refractivity contribution in [2.45, 2.75) is 46.3 Å². The van der Waals surface area contributed by atoms with Crippen molar-refractivity contribution in [1.29, 1.82) is 0 Å². The van der Waals surface area contributed by atoms with Gasteiger partial charge in [-0.1, -0.05) is 48.5 Å². The second-order valence-corrected chi connectivity index (χ2v) is 7.57. The van der Waals surface area contributed by atoms with Crippen molar-refractivity contribution in [3.63, 3.8) is 0 Å². The van der Waals surface area contributed by atoms with Gasteiger partial charge in [0.15, 0.2) is 0 Å². The summed E-state index contributed by atoms with van der Waals surface area (Å²) in [5, 5.41) is 8.44. The minimum atomic E-state index is -0.404. The molecule has 0 bridgehead atoms. The van der Waals surface area contributed by atoms with Crippen LogP contribution < -0.4 is 5.46 Å². The van der Waals surface area contributed by atoms with E-state index in [-0.39, 0.29) is 11.4 Å². The number of nitrogens with zero attached hydrogens (tertiary/aromatic N) is 3. The fraction of sp³-hybridized carbons (Fsp3) is 0.364. The fourth-order valence-electron chi connectivity index (χ4n) is 2.82. The summed E-state index contributed by atoms with van der Waals surface area (Å²) >= 11 is 0. The highest BCUT2D eigenvalue weighted by atomic mass is 19.1. The van der Waals surface area contributed by atoms with E-state index in [4.69, 9.17) is 9.31 Å². The van der Waals surface area contributed by atoms with Crippen LogP contribution in [0.2, 0.25) is 0 Å². The molecule has 0 saturated carbocycles. The molecule has 152 valence electrons. The van der Waals surface area contributed by atoms with Gasteiger partial charge in [-0.15, -0.1) is 5.10 Å². The van der Waals surface area contributed by atoms with Crippen LogP contribution in [0.4, 0.5) is 4.39 Å². The van der Waals surface area contributed by atoms with Crippen LogP contribution in [0.15, 0.2) is 54.7 Å². The van der Waals surface area contributed by atoms with Crippen molar-refractivity contribution in [1.82, 2.24) is 15.0 Å². The summed E-state index contributed by atoms with van der Waals surface area (Å²) < 4.78 is 26.8. The summed E-state index contributed by atoms with van der Waals surface area (Å²) in [6.45, 7) is 9.30. The molecular weight excluding hydrogens is 368 g/mol. The van der Waals surface area contributed by atoms with Gasteiger partial charge < -0.3 is 9.31 Å². The highest BCUT2D eigenvalue weighted by Gasteiger charge is 2.28. The van der Waals surface area contributed by atoms with Crippen LogP contribution >= 0.6 is 0 Å². The molecule has 0 aliphatic heterocycles. The third-order valence-corrected chi connectivity index (χ3v) is 4.87. The predicted octanol–water partition coefficient (Wildman–Crippen LogP) is 4.07. The summed E-state index contributed by atoms with van der Waals surface area (Å²) in [7, 11) is -0.404. The number of hydrogen-bond acceptors (Lipinski definition) is 4. The first-order valence-electron chi connectivity index (χ1n) is 9.94. The standard InChI is InChI=1S/C22H27BFN3O2/c1-5-22(3,4)29-23(28-6-2)19-11-9-18(10-12-19)21-16-27(26-25-21)15-17-7-13-20(24)14-8-17/h7-14,16H,5-6,15H2,1-4H3. The molecule has 1 heterocycles. The van der Waals surface area contributed by atoms with Gasteiger partial charge in [0.2, 0.25) is 0 Å². The minimum Gasteiger partial charge on any atom is -0.408 e. The highest BCUT2D eigenvalue weighted by Crippen LogP contribution is 2.18. The molecule has 29 heavy (non-hydrogen) atoms. The number of aromatic nitrogens is 3. The molecule has 0 aliphatic carbocycles. The number of rotatable bonds is 9. The van der Waals surface area contributed by atoms with Gasteiger partial charge >= 0.3 is 7.12 Å². The minimum absolute atomic E-state index is 0.246. The van der Waals surface area contributed by atoms with Gasteiger partial charge in [0.05, 0.1) is 12.7 Å². The Bertz CT molecular complexity index is 911. The number of halogens is 1. The first-order chi connectivity index (χ1) is 13.9. The van der Waals surface area contributed by atoms with E-state index in [0.29, 0.717) is 13.2 Å². The SMILES string of the molecule is CCOB(OC(C)(C)CC)c1ccc(-c2cn(Cc3ccc(F)cc3)nn2)cc1. The van der Waals surface area contributed by atoms with E-state index >= 15 is 0 Å². The lowest BCUT2D eigenvalue weighted by atomic mass is 9.77. The molecule has 0 saturated heterocycles. The molecule has 1 aromatic heterocycles. The van der Waals surface area contributed by atoms with E-state index < -0.39 is 7.12 Å². The van der Waals surface area contributed by atoms with Gasteiger partial charge in [0.25, 0.3) is 0 Å². The average molecular weight is 395 g/mol. The van der Waals surface area contributed by atoms with Gasteiger partial charge in [-0.05, 0) is 50.4 Å². The first-order valence-corrected chi connectivity index (χ1v) is 9.94. The van der Waals surface area contributed by atoms with Gasteiger partial charge in [-0.2, -0.15) is 0 Å². The van der Waals surface area contributed by atoms with Gasteiger partial charge in [0, 0.05) is 17.8 Å². The van der Waals surface area contributed by atoms with E-state index in [1.54, 1.807) is 16.8 Å². The molecule has 0 fully saturated rings. The van der Waals surface area contributed by atoms with Crippen LogP contribution in [0.3, 0.4) is 0 Å². The zero-order chi connectivity index (χ0) is 20.9. The predicted molar refractivity (Wildman–Crippen MR) is 113 cm³/mol. The van der Waals surface area contributed by atoms with E-state index in [2.05, 4.69) is 31.1 Å². The van der Waals surface area contributed by atoms with Gasteiger partial charge in [0.1, 0.15) is 11.5 Å². The Morgan fingerprint density at radius 3 is 2.34 bits per heavy atom. The highest BCUT2D eigenvalue weighted by molar-refractivity contribution is 6.61. The quantitative estimate of drug-likeness (QED) is 0.513. The lowest BCUT2D eigenvalue weighted by molar-refractivity contribution is 0.0706. The second-order valence-electron chi connectivity index (χ2n) is 7.57. The molecule has 7 heteroatoms. The maximum atomic E-state index is 13.0. The Balaban J connectivity index is 1.72. The molecule has 0 unspecified atom stereocenters. The Kier molecular flexibility index (Phi) is 6.82. The van der Waals surface area contributed by atoms with E-state index in [0.717, 1.165) is 28.7 Å². The zero-order valence-electron chi connectivity index (χ0n) is 17.4. The van der Waals surface area contributed by atoms with E-state index in [9.17, 15) is 4.39 Å². The van der Waals surface area contributed by atoms with Crippen molar-refractivity contribution in [2.75, 3.05) is 6.61 Å². The van der Waals surface area contributed by atoms with E-state index in [1.807, 2.05) is 37.4 Å². The first kappa shape index (κ1) is 21.2. The van der Waals surface area contributed by atoms with Crippen molar-refractivity contribution in [2.24, 2.45) is 0 Å². The normalized spacial score (nSPS) is 11.6. The molecule has 0 N–H and O–H groups in total. The lowest BCUT2D eigenvalue weighted by Gasteiger charge is -2.28. The molecule has 3 rings (SSSR count). The van der Waals surface area contributed by atoms with Gasteiger partial charge in [-0.3, -0.25) is 0 Å². The molecule has 2 aromatic carbocycles. The van der Waals surface area contributed by atoms with E-state index in [1.165, 1.54) is 12.1 Å². The molecule has 0 spiro atoms. The third kappa shape index (κ3) is 5.74. The smallest absolute Gasteiger partial charge is 0.408 e. The number of benzene rings is 2. The average Bonchev–Trinajstić information content (AvgIpc) is 3.18. The van der Waals surface area contributed by atoms with Crippen LogP contribution in [0.1, 0.15) is 39.7 Å². The molecule has 0 aliphatic rings. The molecule has 0 atom stereocenters. The summed E-state index contributed by atoms with van der Waals surface area (Å²) in [6.07, 6.45) is 2.78. The van der Waals surface area contributed by atoms with Crippen LogP contribution in [0.25, 0.3) is 11.3 Å². The van der Waals surface area contributed by atoms with Gasteiger partial charge in [-0.25, -0.2) is 9.07 Å². The maximum Gasteiger partial charge on any atom is 0.494 e. The summed E-state index contributed by atoms with van der Waals surface area (Å²) in [5.74, 6) is -0.246. The van der Waals surface area contributed by atoms with Crippen LogP contribution in [0.5, 0.6) is 0 Å². The van der Waals surface area contributed by atoms with Crippen LogP contribution in [-0.2, 0) is 15.9 Å². The van der Waals surface area contributed by atoms with Crippen molar-refractivity contribution in [3.8, 4) is 11.3 Å². The fourth-order valence-corrected chi connectivity index (χ4v) is 2.82. The van der Waals surface area contributed by atoms with Crippen molar-refractivity contribution in [3.05, 3.63) is 66.1 Å². The molecule has 5 nitrogen and oxygen atoms in total.